The largest absolute Gasteiger partial charge is 0.347 e. The van der Waals surface area contributed by atoms with Crippen LogP contribution in [-0.4, -0.2) is 22.3 Å². The molecule has 24 heavy (non-hydrogen) atoms. The molecule has 0 saturated heterocycles. The highest BCUT2D eigenvalue weighted by atomic mass is 35.5. The molecule has 2 amide bonds. The van der Waals surface area contributed by atoms with E-state index >= 15 is 0 Å². The number of hydrogen-bond acceptors (Lipinski definition) is 3. The first kappa shape index (κ1) is 18.2. The molecule has 1 aromatic carbocycles. The van der Waals surface area contributed by atoms with Gasteiger partial charge < -0.3 is 10.6 Å². The summed E-state index contributed by atoms with van der Waals surface area (Å²) in [4.78, 5) is 28.4. The molecule has 2 aromatic rings. The topological polar surface area (TPSA) is 71.1 Å². The van der Waals surface area contributed by atoms with Crippen LogP contribution in [-0.2, 0) is 0 Å². The van der Waals surface area contributed by atoms with E-state index in [1.165, 1.54) is 18.5 Å². The highest BCUT2D eigenvalue weighted by molar-refractivity contribution is 6.42. The Morgan fingerprint density at radius 1 is 0.958 bits per heavy atom. The van der Waals surface area contributed by atoms with Crippen LogP contribution in [0.15, 0.2) is 36.7 Å². The average molecular weight is 366 g/mol. The lowest BCUT2D eigenvalue weighted by Gasteiger charge is -2.20. The van der Waals surface area contributed by atoms with Crippen LogP contribution in [0.3, 0.4) is 0 Å². The van der Waals surface area contributed by atoms with E-state index in [0.717, 1.165) is 0 Å². The Morgan fingerprint density at radius 3 is 2.17 bits per heavy atom. The van der Waals surface area contributed by atoms with Gasteiger partial charge >= 0.3 is 0 Å². The monoisotopic (exact) mass is 365 g/mol. The highest BCUT2D eigenvalue weighted by Crippen LogP contribution is 2.25. The summed E-state index contributed by atoms with van der Waals surface area (Å²) in [6.45, 7) is 5.62. The van der Waals surface area contributed by atoms with Gasteiger partial charge in [-0.3, -0.25) is 14.6 Å². The van der Waals surface area contributed by atoms with Crippen molar-refractivity contribution in [3.8, 4) is 0 Å². The van der Waals surface area contributed by atoms with Crippen molar-refractivity contribution in [2.75, 3.05) is 5.32 Å². The summed E-state index contributed by atoms with van der Waals surface area (Å²) < 4.78 is 0. The van der Waals surface area contributed by atoms with Gasteiger partial charge in [0.15, 0.2) is 0 Å². The van der Waals surface area contributed by atoms with Crippen LogP contribution in [0.2, 0.25) is 10.0 Å². The molecule has 0 atom stereocenters. The molecule has 7 heteroatoms. The molecule has 1 heterocycles. The summed E-state index contributed by atoms with van der Waals surface area (Å²) in [5.74, 6) is -0.689. The molecule has 0 spiro atoms. The quantitative estimate of drug-likeness (QED) is 0.857. The lowest BCUT2D eigenvalue weighted by atomic mass is 10.1. The van der Waals surface area contributed by atoms with E-state index < -0.39 is 5.91 Å². The van der Waals surface area contributed by atoms with Crippen LogP contribution in [0.4, 0.5) is 5.69 Å². The Kier molecular flexibility index (Phi) is 5.47. The van der Waals surface area contributed by atoms with Crippen molar-refractivity contribution in [3.63, 3.8) is 0 Å². The molecule has 0 aliphatic rings. The predicted molar refractivity (Wildman–Crippen MR) is 95.9 cm³/mol. The number of aromatic nitrogens is 1. The SMILES string of the molecule is CC(C)(C)NC(=O)c1cncc(C(=O)Nc2ccc(Cl)c(Cl)c2)c1. The van der Waals surface area contributed by atoms with Gasteiger partial charge in [-0.15, -0.1) is 0 Å². The number of nitrogens with one attached hydrogen (secondary N) is 2. The standard InChI is InChI=1S/C17H17Cl2N3O2/c1-17(2,3)22-16(24)11-6-10(8-20-9-11)15(23)21-12-4-5-13(18)14(19)7-12/h4-9H,1-3H3,(H,21,23)(H,22,24). The molecule has 126 valence electrons. The summed E-state index contributed by atoms with van der Waals surface area (Å²) in [6, 6.07) is 6.26. The minimum absolute atomic E-state index is 0.266. The highest BCUT2D eigenvalue weighted by Gasteiger charge is 2.17. The molecule has 0 unspecified atom stereocenters. The second-order valence-electron chi connectivity index (χ2n) is 6.25. The fraction of sp³-hybridized carbons (Fsp3) is 0.235. The first-order valence-corrected chi connectivity index (χ1v) is 7.95. The minimum atomic E-state index is -0.397. The third-order valence-electron chi connectivity index (χ3n) is 2.93. The van der Waals surface area contributed by atoms with Crippen LogP contribution in [0.5, 0.6) is 0 Å². The Bertz CT molecular complexity index is 786. The van der Waals surface area contributed by atoms with Crippen LogP contribution >= 0.6 is 23.2 Å². The number of rotatable bonds is 3. The maximum atomic E-state index is 12.3. The first-order chi connectivity index (χ1) is 11.2. The molecular formula is C17H17Cl2N3O2. The zero-order chi connectivity index (χ0) is 17.9. The van der Waals surface area contributed by atoms with Crippen LogP contribution in [0.25, 0.3) is 0 Å². The van der Waals surface area contributed by atoms with E-state index in [-0.39, 0.29) is 17.0 Å². The summed E-state index contributed by atoms with van der Waals surface area (Å²) >= 11 is 11.8. The maximum absolute atomic E-state index is 12.3. The van der Waals surface area contributed by atoms with Crippen molar-refractivity contribution >= 4 is 40.7 Å². The van der Waals surface area contributed by atoms with Gasteiger partial charge in [0.25, 0.3) is 11.8 Å². The van der Waals surface area contributed by atoms with E-state index in [1.807, 2.05) is 20.8 Å². The zero-order valence-corrected chi connectivity index (χ0v) is 15.0. The molecule has 0 fully saturated rings. The van der Waals surface area contributed by atoms with Crippen molar-refractivity contribution in [2.24, 2.45) is 0 Å². The van der Waals surface area contributed by atoms with Crippen molar-refractivity contribution in [3.05, 3.63) is 57.8 Å². The number of hydrogen-bond donors (Lipinski definition) is 2. The fourth-order valence-corrected chi connectivity index (χ4v) is 2.18. The van der Waals surface area contributed by atoms with Gasteiger partial charge in [0.2, 0.25) is 0 Å². The summed E-state index contributed by atoms with van der Waals surface area (Å²) in [5, 5.41) is 6.25. The van der Waals surface area contributed by atoms with Gasteiger partial charge in [0.1, 0.15) is 0 Å². The van der Waals surface area contributed by atoms with E-state index in [0.29, 0.717) is 21.3 Å². The van der Waals surface area contributed by atoms with E-state index in [2.05, 4.69) is 15.6 Å². The average Bonchev–Trinajstić information content (AvgIpc) is 2.49. The molecule has 0 bridgehead atoms. The van der Waals surface area contributed by atoms with Gasteiger partial charge in [-0.2, -0.15) is 0 Å². The molecule has 0 radical (unpaired) electrons. The van der Waals surface area contributed by atoms with Crippen molar-refractivity contribution < 1.29 is 9.59 Å². The van der Waals surface area contributed by atoms with Gasteiger partial charge in [0.05, 0.1) is 21.2 Å². The number of carbonyl (C=O) groups is 2. The fourth-order valence-electron chi connectivity index (χ4n) is 1.88. The first-order valence-electron chi connectivity index (χ1n) is 7.20. The Morgan fingerprint density at radius 2 is 1.58 bits per heavy atom. The Hall–Kier alpha value is -2.11. The molecule has 2 rings (SSSR count). The number of nitrogens with zero attached hydrogens (tertiary/aromatic N) is 1. The molecule has 5 nitrogen and oxygen atoms in total. The van der Waals surface area contributed by atoms with E-state index in [4.69, 9.17) is 23.2 Å². The zero-order valence-electron chi connectivity index (χ0n) is 13.5. The van der Waals surface area contributed by atoms with Crippen molar-refractivity contribution in [1.29, 1.82) is 0 Å². The van der Waals surface area contributed by atoms with Gasteiger partial charge in [-0.05, 0) is 45.0 Å². The third-order valence-corrected chi connectivity index (χ3v) is 3.67. The Labute approximate surface area is 150 Å². The molecule has 0 aliphatic heterocycles. The third kappa shape index (κ3) is 4.94. The predicted octanol–water partition coefficient (Wildman–Crippen LogP) is 4.17. The molecular weight excluding hydrogens is 349 g/mol. The smallest absolute Gasteiger partial charge is 0.257 e. The molecule has 0 saturated carbocycles. The number of pyridine rings is 1. The lowest BCUT2D eigenvalue weighted by molar-refractivity contribution is 0.0919. The van der Waals surface area contributed by atoms with Crippen molar-refractivity contribution in [1.82, 2.24) is 10.3 Å². The van der Waals surface area contributed by atoms with E-state index in [9.17, 15) is 9.59 Å². The second kappa shape index (κ2) is 7.20. The van der Waals surface area contributed by atoms with Gasteiger partial charge in [-0.1, -0.05) is 23.2 Å². The molecule has 0 aliphatic carbocycles. The Balaban J connectivity index is 2.16. The second-order valence-corrected chi connectivity index (χ2v) is 7.06. The van der Waals surface area contributed by atoms with Gasteiger partial charge in [-0.25, -0.2) is 0 Å². The molecule has 1 aromatic heterocycles. The summed E-state index contributed by atoms with van der Waals surface area (Å²) in [5.41, 5.74) is 0.698. The summed E-state index contributed by atoms with van der Waals surface area (Å²) in [7, 11) is 0. The summed E-state index contributed by atoms with van der Waals surface area (Å²) in [6.07, 6.45) is 2.80. The van der Waals surface area contributed by atoms with Crippen LogP contribution in [0, 0.1) is 0 Å². The van der Waals surface area contributed by atoms with Gasteiger partial charge in [0, 0.05) is 23.6 Å². The number of carbonyl (C=O) groups excluding carboxylic acids is 2. The number of benzene rings is 1. The van der Waals surface area contributed by atoms with E-state index in [1.54, 1.807) is 18.2 Å². The number of amides is 2. The molecule has 2 N–H and O–H groups in total. The van der Waals surface area contributed by atoms with Crippen LogP contribution < -0.4 is 10.6 Å². The maximum Gasteiger partial charge on any atom is 0.257 e. The normalized spacial score (nSPS) is 11.0. The number of anilines is 1. The minimum Gasteiger partial charge on any atom is -0.347 e. The van der Waals surface area contributed by atoms with Crippen LogP contribution in [0.1, 0.15) is 41.5 Å². The van der Waals surface area contributed by atoms with Crippen molar-refractivity contribution in [2.45, 2.75) is 26.3 Å². The lowest BCUT2D eigenvalue weighted by Crippen LogP contribution is -2.40. The number of halogens is 2.